The van der Waals surface area contributed by atoms with Gasteiger partial charge in [-0.25, -0.2) is 0 Å². The molecule has 0 aliphatic carbocycles. The van der Waals surface area contributed by atoms with Crippen LogP contribution >= 0.6 is 14.1 Å². The van der Waals surface area contributed by atoms with E-state index in [1.54, 1.807) is 0 Å². The molecule has 4 aromatic rings. The van der Waals surface area contributed by atoms with E-state index in [9.17, 15) is 0 Å². The van der Waals surface area contributed by atoms with Crippen LogP contribution in [0, 0.1) is 0 Å². The van der Waals surface area contributed by atoms with Gasteiger partial charge >= 0.3 is 167 Å². The molecule has 0 nitrogen and oxygen atoms in total. The van der Waals surface area contributed by atoms with Crippen LogP contribution in [0.25, 0.3) is 10.8 Å². The van der Waals surface area contributed by atoms with E-state index < -0.39 is 12.1 Å². The third-order valence-electron chi connectivity index (χ3n) is 3.94. The SMILES string of the molecule is Br[Se+](c1ccccc1)c1cccc2cccc([Se]c3ccccc3)c12. The van der Waals surface area contributed by atoms with Crippen LogP contribution in [0.4, 0.5) is 0 Å². The topological polar surface area (TPSA) is 0 Å². The van der Waals surface area contributed by atoms with Gasteiger partial charge in [0.25, 0.3) is 0 Å². The molecule has 0 saturated carbocycles. The Hall–Kier alpha value is -1.34. The van der Waals surface area contributed by atoms with Crippen molar-refractivity contribution < 1.29 is 0 Å². The van der Waals surface area contributed by atoms with Crippen molar-refractivity contribution in [2.45, 2.75) is 0 Å². The van der Waals surface area contributed by atoms with Gasteiger partial charge in [0.1, 0.15) is 0 Å². The zero-order valence-electron chi connectivity index (χ0n) is 13.4. The number of rotatable bonds is 4. The first-order valence-corrected chi connectivity index (χ1v) is 15.5. The van der Waals surface area contributed by atoms with Crippen molar-refractivity contribution in [2.75, 3.05) is 0 Å². The Bertz CT molecular complexity index is 979. The van der Waals surface area contributed by atoms with E-state index in [1.807, 2.05) is 0 Å². The predicted octanol–water partition coefficient (Wildman–Crippen LogP) is 3.00. The second-order valence-electron chi connectivity index (χ2n) is 5.59. The second kappa shape index (κ2) is 7.91. The van der Waals surface area contributed by atoms with Crippen molar-refractivity contribution >= 4 is 69.8 Å². The standard InChI is InChI=1S/C22H16BrSe2/c23-25(19-13-5-2-6-14-19)21-16-8-10-17-9-7-15-20(22(17)21)24-18-11-3-1-4-12-18/h1-16H/q+1. The summed E-state index contributed by atoms with van der Waals surface area (Å²) in [6.45, 7) is 0. The quantitative estimate of drug-likeness (QED) is 0.365. The van der Waals surface area contributed by atoms with Crippen molar-refractivity contribution in [1.82, 2.24) is 0 Å². The van der Waals surface area contributed by atoms with Crippen molar-refractivity contribution in [1.29, 1.82) is 0 Å². The van der Waals surface area contributed by atoms with E-state index in [0.29, 0.717) is 15.0 Å². The zero-order chi connectivity index (χ0) is 17.1. The molecule has 0 spiro atoms. The molecule has 0 heterocycles. The van der Waals surface area contributed by atoms with E-state index in [4.69, 9.17) is 0 Å². The third kappa shape index (κ3) is 3.77. The normalized spacial score (nSPS) is 12.2. The van der Waals surface area contributed by atoms with E-state index >= 15 is 0 Å². The first-order valence-electron chi connectivity index (χ1n) is 8.03. The predicted molar refractivity (Wildman–Crippen MR) is 116 cm³/mol. The van der Waals surface area contributed by atoms with Crippen molar-refractivity contribution in [3.8, 4) is 0 Å². The van der Waals surface area contributed by atoms with Gasteiger partial charge in [-0.3, -0.25) is 0 Å². The fourth-order valence-corrected chi connectivity index (χ4v) is 10.4. The number of halogens is 1. The van der Waals surface area contributed by atoms with E-state index in [1.165, 1.54) is 28.6 Å². The van der Waals surface area contributed by atoms with Gasteiger partial charge in [0.05, 0.1) is 0 Å². The van der Waals surface area contributed by atoms with Crippen LogP contribution < -0.4 is 17.8 Å². The summed E-state index contributed by atoms with van der Waals surface area (Å²) in [7, 11) is 0. The molecule has 0 saturated heterocycles. The van der Waals surface area contributed by atoms with Crippen LogP contribution in [0.5, 0.6) is 0 Å². The molecule has 0 fully saturated rings. The molecule has 4 aromatic carbocycles. The number of fused-ring (bicyclic) bond motifs is 1. The third-order valence-corrected chi connectivity index (χ3v) is 12.9. The molecule has 0 radical (unpaired) electrons. The molecule has 0 amide bonds. The number of benzene rings is 4. The Morgan fingerprint density at radius 3 is 2.00 bits per heavy atom. The molecule has 0 aromatic heterocycles. The molecule has 0 aliphatic rings. The number of hydrogen-bond acceptors (Lipinski definition) is 0. The Labute approximate surface area is 166 Å². The molecule has 1 unspecified atom stereocenters. The molecule has 25 heavy (non-hydrogen) atoms. The van der Waals surface area contributed by atoms with Gasteiger partial charge in [0.2, 0.25) is 0 Å². The Morgan fingerprint density at radius 1 is 0.640 bits per heavy atom. The van der Waals surface area contributed by atoms with Crippen LogP contribution in [0.3, 0.4) is 0 Å². The van der Waals surface area contributed by atoms with Crippen LogP contribution in [0.1, 0.15) is 0 Å². The maximum atomic E-state index is 4.07. The Kier molecular flexibility index (Phi) is 5.41. The molecule has 4 rings (SSSR count). The van der Waals surface area contributed by atoms with Gasteiger partial charge in [0, 0.05) is 0 Å². The molecule has 1 atom stereocenters. The summed E-state index contributed by atoms with van der Waals surface area (Å²) >= 11 is 3.15. The fraction of sp³-hybridized carbons (Fsp3) is 0. The van der Waals surface area contributed by atoms with Gasteiger partial charge in [-0.2, -0.15) is 0 Å². The molecule has 0 bridgehead atoms. The van der Waals surface area contributed by atoms with Crippen LogP contribution in [0.2, 0.25) is 0 Å². The number of hydrogen-bond donors (Lipinski definition) is 0. The minimum absolute atomic E-state index is 0.312. The van der Waals surface area contributed by atoms with E-state index in [2.05, 4.69) is 111 Å². The van der Waals surface area contributed by atoms with Crippen molar-refractivity contribution in [2.24, 2.45) is 0 Å². The van der Waals surface area contributed by atoms with Gasteiger partial charge < -0.3 is 0 Å². The van der Waals surface area contributed by atoms with Crippen LogP contribution in [-0.4, -0.2) is 27.0 Å². The zero-order valence-corrected chi connectivity index (χ0v) is 18.4. The molecular formula is C22H16BrSe2+. The summed E-state index contributed by atoms with van der Waals surface area (Å²) in [5, 5.41) is 2.79. The van der Waals surface area contributed by atoms with Gasteiger partial charge in [-0.1, -0.05) is 0 Å². The van der Waals surface area contributed by atoms with E-state index in [-0.39, 0.29) is 0 Å². The van der Waals surface area contributed by atoms with Gasteiger partial charge in [-0.05, 0) is 0 Å². The summed E-state index contributed by atoms with van der Waals surface area (Å²) in [4.78, 5) is 0. The molecule has 3 heteroatoms. The average molecular weight is 518 g/mol. The second-order valence-corrected chi connectivity index (χ2v) is 14.3. The minimum atomic E-state index is -1.22. The Morgan fingerprint density at radius 2 is 1.28 bits per heavy atom. The van der Waals surface area contributed by atoms with Crippen molar-refractivity contribution in [3.05, 3.63) is 97.1 Å². The summed E-state index contributed by atoms with van der Waals surface area (Å²) in [6.07, 6.45) is 0. The van der Waals surface area contributed by atoms with Crippen molar-refractivity contribution in [3.63, 3.8) is 0 Å². The van der Waals surface area contributed by atoms with Crippen LogP contribution in [-0.2, 0) is 0 Å². The van der Waals surface area contributed by atoms with E-state index in [0.717, 1.165) is 0 Å². The van der Waals surface area contributed by atoms with Crippen LogP contribution in [0.15, 0.2) is 97.1 Å². The van der Waals surface area contributed by atoms with Gasteiger partial charge in [-0.15, -0.1) is 0 Å². The summed E-state index contributed by atoms with van der Waals surface area (Å²) in [5.74, 6) is 0. The molecule has 0 N–H and O–H groups in total. The first-order chi connectivity index (χ1) is 12.3. The maximum absolute atomic E-state index is 4.07. The van der Waals surface area contributed by atoms with Gasteiger partial charge in [0.15, 0.2) is 0 Å². The molecule has 0 aliphatic heterocycles. The fourth-order valence-electron chi connectivity index (χ4n) is 2.79. The Balaban J connectivity index is 1.85. The average Bonchev–Trinajstić information content (AvgIpc) is 2.69. The monoisotopic (exact) mass is 519 g/mol. The molecular weight excluding hydrogens is 502 g/mol. The summed E-state index contributed by atoms with van der Waals surface area (Å²) in [6, 6.07) is 35.1. The molecule has 122 valence electrons. The summed E-state index contributed by atoms with van der Waals surface area (Å²) in [5.41, 5.74) is 0. The summed E-state index contributed by atoms with van der Waals surface area (Å²) < 4.78 is 5.77. The first kappa shape index (κ1) is 17.1.